The van der Waals surface area contributed by atoms with E-state index in [0.717, 1.165) is 0 Å². The minimum atomic E-state index is -0.726. The summed E-state index contributed by atoms with van der Waals surface area (Å²) in [7, 11) is 1.46. The number of hydrogen-bond acceptors (Lipinski definition) is 5. The summed E-state index contributed by atoms with van der Waals surface area (Å²) >= 11 is 5.98. The molecule has 0 aliphatic rings. The van der Waals surface area contributed by atoms with Gasteiger partial charge in [0.15, 0.2) is 6.61 Å². The van der Waals surface area contributed by atoms with Crippen molar-refractivity contribution < 1.29 is 19.1 Å². The molecule has 138 valence electrons. The molecule has 8 heteroatoms. The Labute approximate surface area is 152 Å². The first-order valence-electron chi connectivity index (χ1n) is 7.76. The summed E-state index contributed by atoms with van der Waals surface area (Å²) in [6, 6.07) is 1.70. The molecule has 0 atom stereocenters. The molecule has 7 nitrogen and oxygen atoms in total. The molecule has 1 heterocycles. The highest BCUT2D eigenvalue weighted by Gasteiger charge is 2.21. The fourth-order valence-electron chi connectivity index (χ4n) is 2.11. The van der Waals surface area contributed by atoms with E-state index in [-0.39, 0.29) is 28.7 Å². The van der Waals surface area contributed by atoms with Crippen molar-refractivity contribution in [2.45, 2.75) is 40.2 Å². The number of aromatic nitrogens is 1. The van der Waals surface area contributed by atoms with Crippen LogP contribution in [0.5, 0.6) is 0 Å². The van der Waals surface area contributed by atoms with Crippen LogP contribution in [0.1, 0.15) is 42.4 Å². The number of nitrogens with one attached hydrogen (secondary N) is 1. The lowest BCUT2D eigenvalue weighted by atomic mass is 10.1. The highest BCUT2D eigenvalue weighted by Crippen LogP contribution is 2.19. The Morgan fingerprint density at radius 2 is 1.88 bits per heavy atom. The van der Waals surface area contributed by atoms with E-state index >= 15 is 0 Å². The second-order valence-corrected chi connectivity index (χ2v) is 7.23. The lowest BCUT2D eigenvalue weighted by molar-refractivity contribution is -0.137. The van der Waals surface area contributed by atoms with Gasteiger partial charge in [0.2, 0.25) is 5.91 Å². The fraction of sp³-hybridized carbons (Fsp3) is 0.529. The first-order chi connectivity index (χ1) is 11.4. The van der Waals surface area contributed by atoms with Gasteiger partial charge in [-0.05, 0) is 46.2 Å². The number of likely N-dealkylation sites (N-methyl/N-ethyl adjacent to an activating group) is 1. The van der Waals surface area contributed by atoms with Crippen LogP contribution in [0.25, 0.3) is 0 Å². The van der Waals surface area contributed by atoms with Crippen molar-refractivity contribution in [1.82, 2.24) is 15.2 Å². The fourth-order valence-corrected chi connectivity index (χ4v) is 2.47. The molecule has 0 unspecified atom stereocenters. The molecule has 0 spiro atoms. The standard InChI is InChI=1S/C17H24ClN3O4/c1-10-7-11(2)19-15(18)14(10)16(24)25-9-13(23)21(6)8-12(22)20-17(3,4)5/h7H,8-9H2,1-6H3,(H,20,22). The lowest BCUT2D eigenvalue weighted by Crippen LogP contribution is -2.46. The van der Waals surface area contributed by atoms with Crippen LogP contribution in [0, 0.1) is 13.8 Å². The number of nitrogens with zero attached hydrogens (tertiary/aromatic N) is 2. The van der Waals surface area contributed by atoms with Crippen LogP contribution >= 0.6 is 11.6 Å². The Hall–Kier alpha value is -2.15. The van der Waals surface area contributed by atoms with Gasteiger partial charge in [-0.25, -0.2) is 9.78 Å². The maximum atomic E-state index is 12.1. The van der Waals surface area contributed by atoms with Crippen LogP contribution in [0.4, 0.5) is 0 Å². The van der Waals surface area contributed by atoms with E-state index in [1.165, 1.54) is 11.9 Å². The van der Waals surface area contributed by atoms with Crippen molar-refractivity contribution in [3.63, 3.8) is 0 Å². The number of hydrogen-bond donors (Lipinski definition) is 1. The zero-order valence-electron chi connectivity index (χ0n) is 15.4. The largest absolute Gasteiger partial charge is 0.452 e. The SMILES string of the molecule is Cc1cc(C)c(C(=O)OCC(=O)N(C)CC(=O)NC(C)(C)C)c(Cl)n1. The number of pyridine rings is 1. The summed E-state index contributed by atoms with van der Waals surface area (Å²) in [6.07, 6.45) is 0. The molecule has 0 saturated heterocycles. The molecule has 1 aromatic heterocycles. The van der Waals surface area contributed by atoms with Crippen LogP contribution in [-0.4, -0.2) is 53.4 Å². The summed E-state index contributed by atoms with van der Waals surface area (Å²) in [6.45, 7) is 8.39. The highest BCUT2D eigenvalue weighted by molar-refractivity contribution is 6.32. The summed E-state index contributed by atoms with van der Waals surface area (Å²) in [5, 5.41) is 2.78. The molecule has 0 bridgehead atoms. The predicted octanol–water partition coefficient (Wildman–Crippen LogP) is 1.88. The quantitative estimate of drug-likeness (QED) is 0.632. The molecule has 0 aliphatic carbocycles. The van der Waals surface area contributed by atoms with Crippen LogP contribution < -0.4 is 5.32 Å². The third-order valence-corrected chi connectivity index (χ3v) is 3.43. The second kappa shape index (κ2) is 8.29. The van der Waals surface area contributed by atoms with Gasteiger partial charge in [-0.15, -0.1) is 0 Å². The molecule has 0 radical (unpaired) electrons. The Morgan fingerprint density at radius 1 is 1.28 bits per heavy atom. The van der Waals surface area contributed by atoms with Crippen molar-refractivity contribution in [3.8, 4) is 0 Å². The molecule has 25 heavy (non-hydrogen) atoms. The Morgan fingerprint density at radius 3 is 2.40 bits per heavy atom. The van der Waals surface area contributed by atoms with Crippen LogP contribution in [-0.2, 0) is 14.3 Å². The minimum Gasteiger partial charge on any atom is -0.452 e. The molecular weight excluding hydrogens is 346 g/mol. The number of aryl methyl sites for hydroxylation is 2. The third-order valence-electron chi connectivity index (χ3n) is 3.15. The molecule has 1 rings (SSSR count). The molecule has 0 aromatic carbocycles. The maximum absolute atomic E-state index is 12.1. The van der Waals surface area contributed by atoms with E-state index in [1.54, 1.807) is 19.9 Å². The second-order valence-electron chi connectivity index (χ2n) is 6.87. The number of halogens is 1. The van der Waals surface area contributed by atoms with Gasteiger partial charge in [0.1, 0.15) is 5.15 Å². The van der Waals surface area contributed by atoms with Crippen molar-refractivity contribution in [3.05, 3.63) is 28.0 Å². The normalized spacial score (nSPS) is 11.0. The zero-order chi connectivity index (χ0) is 19.4. The van der Waals surface area contributed by atoms with Crippen molar-refractivity contribution in [2.75, 3.05) is 20.2 Å². The Kier molecular flexibility index (Phi) is 6.93. The first-order valence-corrected chi connectivity index (χ1v) is 8.14. The third kappa shape index (κ3) is 6.70. The average molecular weight is 370 g/mol. The van der Waals surface area contributed by atoms with Crippen LogP contribution in [0.2, 0.25) is 5.15 Å². The number of esters is 1. The van der Waals surface area contributed by atoms with E-state index in [0.29, 0.717) is 11.3 Å². The van der Waals surface area contributed by atoms with E-state index in [4.69, 9.17) is 16.3 Å². The van der Waals surface area contributed by atoms with Crippen molar-refractivity contribution in [2.24, 2.45) is 0 Å². The number of rotatable bonds is 5. The van der Waals surface area contributed by atoms with Gasteiger partial charge in [0.25, 0.3) is 5.91 Å². The topological polar surface area (TPSA) is 88.6 Å². The molecule has 2 amide bonds. The van der Waals surface area contributed by atoms with Gasteiger partial charge >= 0.3 is 5.97 Å². The Bertz CT molecular complexity index is 660. The first kappa shape index (κ1) is 20.9. The van der Waals surface area contributed by atoms with Gasteiger partial charge in [-0.1, -0.05) is 11.6 Å². The Balaban J connectivity index is 2.61. The molecule has 1 N–H and O–H groups in total. The number of ether oxygens (including phenoxy) is 1. The number of carbonyl (C=O) groups is 3. The summed E-state index contributed by atoms with van der Waals surface area (Å²) in [4.78, 5) is 41.2. The number of carbonyl (C=O) groups excluding carboxylic acids is 3. The molecular formula is C17H24ClN3O4. The molecule has 0 aliphatic heterocycles. The smallest absolute Gasteiger partial charge is 0.342 e. The number of amides is 2. The maximum Gasteiger partial charge on any atom is 0.342 e. The van der Waals surface area contributed by atoms with Crippen LogP contribution in [0.15, 0.2) is 6.07 Å². The molecule has 0 saturated carbocycles. The zero-order valence-corrected chi connectivity index (χ0v) is 16.2. The predicted molar refractivity (Wildman–Crippen MR) is 94.5 cm³/mol. The van der Waals surface area contributed by atoms with Gasteiger partial charge in [0, 0.05) is 18.3 Å². The van der Waals surface area contributed by atoms with Crippen molar-refractivity contribution in [1.29, 1.82) is 0 Å². The van der Waals surface area contributed by atoms with E-state index < -0.39 is 18.5 Å². The van der Waals surface area contributed by atoms with E-state index in [1.807, 2.05) is 20.8 Å². The summed E-state index contributed by atoms with van der Waals surface area (Å²) in [5.41, 5.74) is 1.04. The van der Waals surface area contributed by atoms with Gasteiger partial charge in [-0.2, -0.15) is 0 Å². The van der Waals surface area contributed by atoms with Crippen LogP contribution in [0.3, 0.4) is 0 Å². The van der Waals surface area contributed by atoms with Gasteiger partial charge in [-0.3, -0.25) is 9.59 Å². The van der Waals surface area contributed by atoms with Gasteiger partial charge < -0.3 is 15.0 Å². The molecule has 0 fully saturated rings. The lowest BCUT2D eigenvalue weighted by Gasteiger charge is -2.23. The van der Waals surface area contributed by atoms with E-state index in [9.17, 15) is 14.4 Å². The summed E-state index contributed by atoms with van der Waals surface area (Å²) in [5.74, 6) is -1.52. The van der Waals surface area contributed by atoms with E-state index in [2.05, 4.69) is 10.3 Å². The summed E-state index contributed by atoms with van der Waals surface area (Å²) < 4.78 is 5.01. The highest BCUT2D eigenvalue weighted by atomic mass is 35.5. The van der Waals surface area contributed by atoms with Gasteiger partial charge in [0.05, 0.1) is 12.1 Å². The minimum absolute atomic E-state index is 0.0351. The monoisotopic (exact) mass is 369 g/mol. The molecule has 1 aromatic rings. The van der Waals surface area contributed by atoms with Crippen molar-refractivity contribution >= 4 is 29.4 Å². The average Bonchev–Trinajstić information content (AvgIpc) is 2.41.